The molecule has 0 aliphatic carbocycles. The summed E-state index contributed by atoms with van der Waals surface area (Å²) >= 11 is 6.20. The van der Waals surface area contributed by atoms with Gasteiger partial charge < -0.3 is 4.98 Å². The standard InChI is InChI=1S/C15H10ClNO/c16-14-7-10(9-18)1-3-13(14)11-2-4-15-12(8-11)5-6-17-15/h1-9,17H. The number of carbonyl (C=O) groups excluding carboxylic acids is 1. The van der Waals surface area contributed by atoms with Crippen LogP contribution in [0.5, 0.6) is 0 Å². The summed E-state index contributed by atoms with van der Waals surface area (Å²) in [5.41, 5.74) is 3.67. The highest BCUT2D eigenvalue weighted by atomic mass is 35.5. The van der Waals surface area contributed by atoms with Crippen molar-refractivity contribution in [2.45, 2.75) is 0 Å². The van der Waals surface area contributed by atoms with Gasteiger partial charge in [-0.15, -0.1) is 0 Å². The molecule has 0 radical (unpaired) electrons. The van der Waals surface area contributed by atoms with E-state index in [9.17, 15) is 4.79 Å². The van der Waals surface area contributed by atoms with Crippen LogP contribution in [0.15, 0.2) is 48.7 Å². The highest BCUT2D eigenvalue weighted by Crippen LogP contribution is 2.30. The van der Waals surface area contributed by atoms with E-state index in [0.29, 0.717) is 10.6 Å². The molecule has 0 fully saturated rings. The van der Waals surface area contributed by atoms with Gasteiger partial charge in [0.15, 0.2) is 0 Å². The fourth-order valence-electron chi connectivity index (χ4n) is 2.06. The van der Waals surface area contributed by atoms with E-state index in [4.69, 9.17) is 11.6 Å². The molecule has 2 nitrogen and oxygen atoms in total. The van der Waals surface area contributed by atoms with Gasteiger partial charge in [0.05, 0.1) is 0 Å². The topological polar surface area (TPSA) is 32.9 Å². The van der Waals surface area contributed by atoms with Crippen LogP contribution in [0, 0.1) is 0 Å². The zero-order chi connectivity index (χ0) is 12.5. The molecule has 2 aromatic carbocycles. The predicted molar refractivity (Wildman–Crippen MR) is 74.1 cm³/mol. The number of rotatable bonds is 2. The van der Waals surface area contributed by atoms with E-state index in [2.05, 4.69) is 11.1 Å². The summed E-state index contributed by atoms with van der Waals surface area (Å²) < 4.78 is 0. The molecule has 1 aromatic heterocycles. The van der Waals surface area contributed by atoms with Crippen LogP contribution >= 0.6 is 11.6 Å². The number of aldehydes is 1. The van der Waals surface area contributed by atoms with Crippen LogP contribution in [-0.2, 0) is 0 Å². The lowest BCUT2D eigenvalue weighted by Crippen LogP contribution is -1.84. The molecule has 18 heavy (non-hydrogen) atoms. The fourth-order valence-corrected chi connectivity index (χ4v) is 2.36. The quantitative estimate of drug-likeness (QED) is 0.681. The van der Waals surface area contributed by atoms with Crippen molar-refractivity contribution in [2.75, 3.05) is 0 Å². The van der Waals surface area contributed by atoms with Crippen LogP contribution in [0.3, 0.4) is 0 Å². The highest BCUT2D eigenvalue weighted by molar-refractivity contribution is 6.33. The number of carbonyl (C=O) groups is 1. The van der Waals surface area contributed by atoms with Crippen molar-refractivity contribution in [3.63, 3.8) is 0 Å². The number of nitrogens with one attached hydrogen (secondary N) is 1. The molecule has 0 aliphatic heterocycles. The minimum absolute atomic E-state index is 0.589. The number of hydrogen-bond donors (Lipinski definition) is 1. The first-order chi connectivity index (χ1) is 8.78. The molecule has 0 amide bonds. The molecular weight excluding hydrogens is 246 g/mol. The van der Waals surface area contributed by atoms with Crippen LogP contribution in [0.4, 0.5) is 0 Å². The van der Waals surface area contributed by atoms with Gasteiger partial charge in [-0.1, -0.05) is 29.8 Å². The average Bonchev–Trinajstić information content (AvgIpc) is 2.85. The SMILES string of the molecule is O=Cc1ccc(-c2ccc3[nH]ccc3c2)c(Cl)c1. The minimum Gasteiger partial charge on any atom is -0.361 e. The van der Waals surface area contributed by atoms with Gasteiger partial charge in [-0.25, -0.2) is 0 Å². The fraction of sp³-hybridized carbons (Fsp3) is 0. The molecule has 0 saturated heterocycles. The van der Waals surface area contributed by atoms with Crippen molar-refractivity contribution >= 4 is 28.8 Å². The van der Waals surface area contributed by atoms with Gasteiger partial charge in [0, 0.05) is 27.9 Å². The van der Waals surface area contributed by atoms with Gasteiger partial charge in [-0.2, -0.15) is 0 Å². The van der Waals surface area contributed by atoms with Crippen molar-refractivity contribution in [1.29, 1.82) is 0 Å². The number of halogens is 1. The Balaban J connectivity index is 2.15. The molecule has 0 spiro atoms. The summed E-state index contributed by atoms with van der Waals surface area (Å²) in [5.74, 6) is 0. The maximum atomic E-state index is 10.7. The van der Waals surface area contributed by atoms with Crippen LogP contribution in [0.25, 0.3) is 22.0 Å². The van der Waals surface area contributed by atoms with E-state index in [1.807, 2.05) is 30.5 Å². The summed E-state index contributed by atoms with van der Waals surface area (Å²) in [6.07, 6.45) is 2.70. The number of H-pyrrole nitrogens is 1. The van der Waals surface area contributed by atoms with Crippen molar-refractivity contribution in [2.24, 2.45) is 0 Å². The zero-order valence-electron chi connectivity index (χ0n) is 9.48. The molecule has 88 valence electrons. The molecule has 0 unspecified atom stereocenters. The van der Waals surface area contributed by atoms with E-state index in [0.717, 1.165) is 28.3 Å². The summed E-state index contributed by atoms with van der Waals surface area (Å²) in [6, 6.07) is 13.5. The van der Waals surface area contributed by atoms with E-state index in [1.165, 1.54) is 0 Å². The Labute approximate surface area is 109 Å². The Bertz CT molecular complexity index is 730. The lowest BCUT2D eigenvalue weighted by atomic mass is 10.0. The molecule has 3 rings (SSSR count). The number of fused-ring (bicyclic) bond motifs is 1. The van der Waals surface area contributed by atoms with E-state index in [1.54, 1.807) is 12.1 Å². The van der Waals surface area contributed by atoms with E-state index >= 15 is 0 Å². The predicted octanol–water partition coefficient (Wildman–Crippen LogP) is 4.30. The second kappa shape index (κ2) is 4.31. The monoisotopic (exact) mass is 255 g/mol. The summed E-state index contributed by atoms with van der Waals surface area (Å²) in [7, 11) is 0. The van der Waals surface area contributed by atoms with Gasteiger partial charge in [0.2, 0.25) is 0 Å². The summed E-state index contributed by atoms with van der Waals surface area (Å²) in [5, 5.41) is 1.73. The van der Waals surface area contributed by atoms with Gasteiger partial charge in [-0.05, 0) is 35.2 Å². The second-order valence-corrected chi connectivity index (χ2v) is 4.54. The highest BCUT2D eigenvalue weighted by Gasteiger charge is 2.05. The normalized spacial score (nSPS) is 10.7. The van der Waals surface area contributed by atoms with Crippen molar-refractivity contribution < 1.29 is 4.79 Å². The number of aromatic amines is 1. The van der Waals surface area contributed by atoms with Gasteiger partial charge >= 0.3 is 0 Å². The van der Waals surface area contributed by atoms with Crippen LogP contribution < -0.4 is 0 Å². The van der Waals surface area contributed by atoms with Crippen molar-refractivity contribution in [3.05, 3.63) is 59.2 Å². The van der Waals surface area contributed by atoms with Gasteiger partial charge in [-0.3, -0.25) is 4.79 Å². The number of hydrogen-bond acceptors (Lipinski definition) is 1. The first-order valence-corrected chi connectivity index (χ1v) is 5.98. The molecule has 3 heteroatoms. The zero-order valence-corrected chi connectivity index (χ0v) is 10.2. The third kappa shape index (κ3) is 1.81. The van der Waals surface area contributed by atoms with Gasteiger partial charge in [0.1, 0.15) is 6.29 Å². The molecular formula is C15H10ClNO. The number of aromatic nitrogens is 1. The molecule has 1 N–H and O–H groups in total. The van der Waals surface area contributed by atoms with E-state index in [-0.39, 0.29) is 0 Å². The summed E-state index contributed by atoms with van der Waals surface area (Å²) in [6.45, 7) is 0. The molecule has 0 saturated carbocycles. The van der Waals surface area contributed by atoms with Crippen molar-refractivity contribution in [3.8, 4) is 11.1 Å². The maximum absolute atomic E-state index is 10.7. The molecule has 0 atom stereocenters. The Kier molecular flexibility index (Phi) is 2.65. The van der Waals surface area contributed by atoms with E-state index < -0.39 is 0 Å². The van der Waals surface area contributed by atoms with Gasteiger partial charge in [0.25, 0.3) is 0 Å². The average molecular weight is 256 g/mol. The Hall–Kier alpha value is -2.06. The van der Waals surface area contributed by atoms with Crippen LogP contribution in [0.1, 0.15) is 10.4 Å². The lowest BCUT2D eigenvalue weighted by molar-refractivity contribution is 0.112. The van der Waals surface area contributed by atoms with Crippen LogP contribution in [0.2, 0.25) is 5.02 Å². The third-order valence-electron chi connectivity index (χ3n) is 2.99. The first-order valence-electron chi connectivity index (χ1n) is 5.60. The smallest absolute Gasteiger partial charge is 0.150 e. The Morgan fingerprint density at radius 3 is 2.72 bits per heavy atom. The first kappa shape index (κ1) is 11.1. The summed E-state index contributed by atoms with van der Waals surface area (Å²) in [4.78, 5) is 13.8. The number of benzene rings is 2. The second-order valence-electron chi connectivity index (χ2n) is 4.14. The maximum Gasteiger partial charge on any atom is 0.150 e. The molecule has 0 aliphatic rings. The lowest BCUT2D eigenvalue weighted by Gasteiger charge is -2.05. The van der Waals surface area contributed by atoms with Crippen molar-refractivity contribution in [1.82, 2.24) is 4.98 Å². The van der Waals surface area contributed by atoms with Crippen LogP contribution in [-0.4, -0.2) is 11.3 Å². The molecule has 0 bridgehead atoms. The molecule has 3 aromatic rings. The third-order valence-corrected chi connectivity index (χ3v) is 3.31. The molecule has 1 heterocycles. The largest absolute Gasteiger partial charge is 0.361 e. The Morgan fingerprint density at radius 2 is 1.94 bits per heavy atom. The Morgan fingerprint density at radius 1 is 1.06 bits per heavy atom. The minimum atomic E-state index is 0.589.